The summed E-state index contributed by atoms with van der Waals surface area (Å²) in [6.45, 7) is 10.0. The molecule has 3 nitrogen and oxygen atoms in total. The molecule has 2 rings (SSSR count). The Kier molecular flexibility index (Phi) is 4.49. The molecule has 0 atom stereocenters. The Bertz CT molecular complexity index is 398. The third-order valence-electron chi connectivity index (χ3n) is 3.60. The zero-order valence-corrected chi connectivity index (χ0v) is 12.0. The smallest absolute Gasteiger partial charge is 0.0635 e. The minimum absolute atomic E-state index is 0.642. The van der Waals surface area contributed by atoms with Gasteiger partial charge in [0.05, 0.1) is 10.7 Å². The van der Waals surface area contributed by atoms with Crippen molar-refractivity contribution in [1.82, 2.24) is 9.80 Å². The number of hydrogen-bond acceptors (Lipinski definition) is 3. The average molecular weight is 268 g/mol. The van der Waals surface area contributed by atoms with Gasteiger partial charge in [0, 0.05) is 38.8 Å². The number of nitrogen functional groups attached to an aromatic ring is 1. The van der Waals surface area contributed by atoms with Crippen molar-refractivity contribution in [3.8, 4) is 0 Å². The number of benzene rings is 1. The molecule has 1 aromatic rings. The molecule has 1 heterocycles. The molecule has 0 aromatic heterocycles. The largest absolute Gasteiger partial charge is 0.398 e. The van der Waals surface area contributed by atoms with Crippen LogP contribution in [0, 0.1) is 0 Å². The van der Waals surface area contributed by atoms with E-state index < -0.39 is 0 Å². The van der Waals surface area contributed by atoms with E-state index in [1.54, 1.807) is 0 Å². The molecule has 0 aliphatic carbocycles. The summed E-state index contributed by atoms with van der Waals surface area (Å²) in [6.07, 6.45) is 0. The summed E-state index contributed by atoms with van der Waals surface area (Å²) in [4.78, 5) is 4.99. The molecular weight excluding hydrogens is 246 g/mol. The summed E-state index contributed by atoms with van der Waals surface area (Å²) < 4.78 is 0. The van der Waals surface area contributed by atoms with E-state index in [1.807, 2.05) is 12.1 Å². The second-order valence-electron chi connectivity index (χ2n) is 5.26. The number of nitrogens with zero attached hydrogens (tertiary/aromatic N) is 2. The van der Waals surface area contributed by atoms with Gasteiger partial charge in [0.15, 0.2) is 0 Å². The first-order valence-electron chi connectivity index (χ1n) is 6.56. The van der Waals surface area contributed by atoms with E-state index in [1.165, 1.54) is 5.56 Å². The van der Waals surface area contributed by atoms with Crippen LogP contribution >= 0.6 is 11.6 Å². The van der Waals surface area contributed by atoms with Crippen molar-refractivity contribution in [1.29, 1.82) is 0 Å². The molecule has 100 valence electrons. The van der Waals surface area contributed by atoms with Crippen LogP contribution in [-0.4, -0.2) is 42.0 Å². The molecule has 0 bridgehead atoms. The average Bonchev–Trinajstić information content (AvgIpc) is 2.34. The van der Waals surface area contributed by atoms with Crippen LogP contribution in [0.5, 0.6) is 0 Å². The lowest BCUT2D eigenvalue weighted by Gasteiger charge is -2.37. The van der Waals surface area contributed by atoms with Gasteiger partial charge in [-0.1, -0.05) is 17.7 Å². The van der Waals surface area contributed by atoms with Crippen molar-refractivity contribution in [3.63, 3.8) is 0 Å². The van der Waals surface area contributed by atoms with Crippen LogP contribution in [0.1, 0.15) is 19.4 Å². The van der Waals surface area contributed by atoms with E-state index in [0.717, 1.165) is 32.7 Å². The molecule has 0 spiro atoms. The molecule has 0 radical (unpaired) electrons. The van der Waals surface area contributed by atoms with Crippen LogP contribution in [0.2, 0.25) is 5.02 Å². The predicted octanol–water partition coefficient (Wildman–Crippen LogP) is 2.45. The molecule has 1 saturated heterocycles. The summed E-state index contributed by atoms with van der Waals surface area (Å²) in [7, 11) is 0. The fraction of sp³-hybridized carbons (Fsp3) is 0.571. The Labute approximate surface area is 115 Å². The second-order valence-corrected chi connectivity index (χ2v) is 5.67. The maximum atomic E-state index is 5.93. The van der Waals surface area contributed by atoms with Crippen molar-refractivity contribution >= 4 is 17.3 Å². The highest BCUT2D eigenvalue weighted by molar-refractivity contribution is 6.33. The third kappa shape index (κ3) is 3.37. The van der Waals surface area contributed by atoms with Crippen LogP contribution < -0.4 is 5.73 Å². The quantitative estimate of drug-likeness (QED) is 0.854. The first kappa shape index (κ1) is 13.7. The van der Waals surface area contributed by atoms with Crippen molar-refractivity contribution in [2.75, 3.05) is 31.9 Å². The molecule has 2 N–H and O–H groups in total. The Morgan fingerprint density at radius 2 is 1.89 bits per heavy atom. The number of hydrogen-bond donors (Lipinski definition) is 1. The number of rotatable bonds is 3. The van der Waals surface area contributed by atoms with E-state index in [0.29, 0.717) is 16.8 Å². The maximum Gasteiger partial charge on any atom is 0.0635 e. The van der Waals surface area contributed by atoms with Gasteiger partial charge < -0.3 is 5.73 Å². The highest BCUT2D eigenvalue weighted by Gasteiger charge is 2.18. The SMILES string of the molecule is CC(C)N1CCN(Cc2ccc(Cl)c(N)c2)CC1. The van der Waals surface area contributed by atoms with E-state index in [9.17, 15) is 0 Å². The first-order chi connectivity index (χ1) is 8.56. The van der Waals surface area contributed by atoms with Gasteiger partial charge in [-0.15, -0.1) is 0 Å². The number of nitrogens with two attached hydrogens (primary N) is 1. The van der Waals surface area contributed by atoms with Gasteiger partial charge >= 0.3 is 0 Å². The molecule has 1 aromatic carbocycles. The molecule has 1 aliphatic heterocycles. The topological polar surface area (TPSA) is 32.5 Å². The van der Waals surface area contributed by atoms with Gasteiger partial charge in [-0.25, -0.2) is 0 Å². The number of halogens is 1. The standard InChI is InChI=1S/C14H22ClN3/c1-11(2)18-7-5-17(6-8-18)10-12-3-4-13(15)14(16)9-12/h3-4,9,11H,5-8,10,16H2,1-2H3. The highest BCUT2D eigenvalue weighted by Crippen LogP contribution is 2.20. The minimum atomic E-state index is 0.642. The van der Waals surface area contributed by atoms with Crippen LogP contribution in [0.3, 0.4) is 0 Å². The van der Waals surface area contributed by atoms with E-state index in [4.69, 9.17) is 17.3 Å². The number of anilines is 1. The second kappa shape index (κ2) is 5.91. The minimum Gasteiger partial charge on any atom is -0.398 e. The fourth-order valence-corrected chi connectivity index (χ4v) is 2.51. The Morgan fingerprint density at radius 3 is 2.44 bits per heavy atom. The van der Waals surface area contributed by atoms with Gasteiger partial charge in [-0.2, -0.15) is 0 Å². The predicted molar refractivity (Wildman–Crippen MR) is 77.9 cm³/mol. The monoisotopic (exact) mass is 267 g/mol. The zero-order valence-electron chi connectivity index (χ0n) is 11.2. The zero-order chi connectivity index (χ0) is 13.1. The van der Waals surface area contributed by atoms with Crippen molar-refractivity contribution in [3.05, 3.63) is 28.8 Å². The summed E-state index contributed by atoms with van der Waals surface area (Å²) in [5.74, 6) is 0. The lowest BCUT2D eigenvalue weighted by atomic mass is 10.1. The molecule has 1 fully saturated rings. The summed E-state index contributed by atoms with van der Waals surface area (Å²) >= 11 is 5.93. The Balaban J connectivity index is 1.89. The maximum absolute atomic E-state index is 5.93. The summed E-state index contributed by atoms with van der Waals surface area (Å²) in [6, 6.07) is 6.58. The fourth-order valence-electron chi connectivity index (χ4n) is 2.39. The van der Waals surface area contributed by atoms with Crippen molar-refractivity contribution in [2.45, 2.75) is 26.4 Å². The lowest BCUT2D eigenvalue weighted by molar-refractivity contribution is 0.104. The molecule has 1 aliphatic rings. The van der Waals surface area contributed by atoms with E-state index >= 15 is 0 Å². The Morgan fingerprint density at radius 1 is 1.22 bits per heavy atom. The molecule has 0 unspecified atom stereocenters. The van der Waals surface area contributed by atoms with E-state index in [-0.39, 0.29) is 0 Å². The normalized spacial score (nSPS) is 18.4. The van der Waals surface area contributed by atoms with Crippen molar-refractivity contribution in [2.24, 2.45) is 0 Å². The van der Waals surface area contributed by atoms with Gasteiger partial charge in [0.1, 0.15) is 0 Å². The third-order valence-corrected chi connectivity index (χ3v) is 3.95. The van der Waals surface area contributed by atoms with Gasteiger partial charge in [-0.3, -0.25) is 9.80 Å². The molecule has 4 heteroatoms. The lowest BCUT2D eigenvalue weighted by Crippen LogP contribution is -2.48. The van der Waals surface area contributed by atoms with Crippen LogP contribution in [-0.2, 0) is 6.54 Å². The molecule has 0 saturated carbocycles. The van der Waals surface area contributed by atoms with Gasteiger partial charge in [0.25, 0.3) is 0 Å². The van der Waals surface area contributed by atoms with Gasteiger partial charge in [0.2, 0.25) is 0 Å². The van der Waals surface area contributed by atoms with Crippen LogP contribution in [0.15, 0.2) is 18.2 Å². The van der Waals surface area contributed by atoms with Crippen LogP contribution in [0.25, 0.3) is 0 Å². The summed E-state index contributed by atoms with van der Waals surface area (Å²) in [5, 5.41) is 0.642. The van der Waals surface area contributed by atoms with E-state index in [2.05, 4.69) is 29.7 Å². The molecular formula is C14H22ClN3. The highest BCUT2D eigenvalue weighted by atomic mass is 35.5. The molecule has 0 amide bonds. The van der Waals surface area contributed by atoms with Crippen molar-refractivity contribution < 1.29 is 0 Å². The summed E-state index contributed by atoms with van der Waals surface area (Å²) in [5.41, 5.74) is 7.75. The molecule has 18 heavy (non-hydrogen) atoms. The van der Waals surface area contributed by atoms with Crippen LogP contribution in [0.4, 0.5) is 5.69 Å². The van der Waals surface area contributed by atoms with Gasteiger partial charge in [-0.05, 0) is 31.5 Å². The number of piperazine rings is 1. The first-order valence-corrected chi connectivity index (χ1v) is 6.94. The Hall–Kier alpha value is -0.770.